The molecule has 0 aromatic heterocycles. The minimum Gasteiger partial charge on any atom is -0.481 e. The number of carboxylic acids is 1. The summed E-state index contributed by atoms with van der Waals surface area (Å²) in [6.45, 7) is 3.20. The molecule has 122 valence electrons. The summed E-state index contributed by atoms with van der Waals surface area (Å²) >= 11 is 0. The van der Waals surface area contributed by atoms with Gasteiger partial charge in [0.05, 0.1) is 11.5 Å². The maximum Gasteiger partial charge on any atom is 0.416 e. The number of benzene rings is 1. The molecule has 1 aromatic rings. The number of aliphatic carboxylic acids is 1. The van der Waals surface area contributed by atoms with E-state index in [0.29, 0.717) is 13.0 Å². The summed E-state index contributed by atoms with van der Waals surface area (Å²) in [5.41, 5.74) is 0.148. The molecule has 6 heteroatoms. The Morgan fingerprint density at radius 1 is 1.36 bits per heavy atom. The third-order valence-corrected chi connectivity index (χ3v) is 4.25. The van der Waals surface area contributed by atoms with Gasteiger partial charge in [0.25, 0.3) is 0 Å². The summed E-state index contributed by atoms with van der Waals surface area (Å²) in [5.74, 6) is -1.19. The average Bonchev–Trinajstić information content (AvgIpc) is 2.48. The van der Waals surface area contributed by atoms with Gasteiger partial charge in [0.1, 0.15) is 0 Å². The van der Waals surface area contributed by atoms with Crippen molar-refractivity contribution < 1.29 is 23.1 Å². The van der Waals surface area contributed by atoms with Crippen LogP contribution in [-0.2, 0) is 11.0 Å². The SMILES string of the molecule is CC[C@@H](c1ccc(C(F)(F)F)cc1)N1CCC[C@@H](C(=O)O)C1. The number of alkyl halides is 3. The van der Waals surface area contributed by atoms with Crippen molar-refractivity contribution in [2.75, 3.05) is 13.1 Å². The highest BCUT2D eigenvalue weighted by Crippen LogP contribution is 2.33. The molecule has 1 fully saturated rings. The second kappa shape index (κ2) is 6.69. The molecule has 1 aromatic carbocycles. The van der Waals surface area contributed by atoms with Crippen molar-refractivity contribution in [3.8, 4) is 0 Å². The fraction of sp³-hybridized carbons (Fsp3) is 0.562. The number of carboxylic acid groups (broad SMARTS) is 1. The highest BCUT2D eigenvalue weighted by molar-refractivity contribution is 5.70. The van der Waals surface area contributed by atoms with Crippen molar-refractivity contribution in [1.82, 2.24) is 4.90 Å². The molecule has 1 aliphatic heterocycles. The smallest absolute Gasteiger partial charge is 0.416 e. The first-order chi connectivity index (χ1) is 10.3. The number of hydrogen-bond acceptors (Lipinski definition) is 2. The summed E-state index contributed by atoms with van der Waals surface area (Å²) in [6, 6.07) is 5.15. The maximum atomic E-state index is 12.6. The van der Waals surface area contributed by atoms with Gasteiger partial charge in [0.2, 0.25) is 0 Å². The van der Waals surface area contributed by atoms with Crippen LogP contribution in [-0.4, -0.2) is 29.1 Å². The summed E-state index contributed by atoms with van der Waals surface area (Å²) in [5, 5.41) is 9.16. The first-order valence-corrected chi connectivity index (χ1v) is 7.47. The summed E-state index contributed by atoms with van der Waals surface area (Å²) in [4.78, 5) is 13.2. The van der Waals surface area contributed by atoms with E-state index in [0.717, 1.165) is 37.1 Å². The van der Waals surface area contributed by atoms with E-state index in [1.807, 2.05) is 6.92 Å². The van der Waals surface area contributed by atoms with Gasteiger partial charge in [-0.3, -0.25) is 9.69 Å². The van der Waals surface area contributed by atoms with Crippen LogP contribution in [0.2, 0.25) is 0 Å². The number of nitrogens with zero attached hydrogens (tertiary/aromatic N) is 1. The van der Waals surface area contributed by atoms with Gasteiger partial charge >= 0.3 is 12.1 Å². The largest absolute Gasteiger partial charge is 0.481 e. The van der Waals surface area contributed by atoms with Crippen LogP contribution in [0.25, 0.3) is 0 Å². The second-order valence-corrected chi connectivity index (χ2v) is 5.72. The van der Waals surface area contributed by atoms with Crippen LogP contribution in [0.15, 0.2) is 24.3 Å². The number of halogens is 3. The molecule has 0 amide bonds. The number of hydrogen-bond donors (Lipinski definition) is 1. The van der Waals surface area contributed by atoms with Crippen molar-refractivity contribution in [2.45, 2.75) is 38.4 Å². The zero-order valence-corrected chi connectivity index (χ0v) is 12.4. The molecule has 0 aliphatic carbocycles. The van der Waals surface area contributed by atoms with Gasteiger partial charge < -0.3 is 5.11 Å². The second-order valence-electron chi connectivity index (χ2n) is 5.72. The van der Waals surface area contributed by atoms with Gasteiger partial charge in [0.15, 0.2) is 0 Å². The average molecular weight is 315 g/mol. The first-order valence-electron chi connectivity index (χ1n) is 7.47. The van der Waals surface area contributed by atoms with Crippen molar-refractivity contribution >= 4 is 5.97 Å². The standard InChI is InChI=1S/C16H20F3NO2/c1-2-14(20-9-3-4-12(10-20)15(21)22)11-5-7-13(8-6-11)16(17,18)19/h5-8,12,14H,2-4,9-10H2,1H3,(H,21,22)/t12-,14+/m1/s1. The minimum atomic E-state index is -4.33. The summed E-state index contributed by atoms with van der Waals surface area (Å²) in [7, 11) is 0. The van der Waals surface area contributed by atoms with Crippen LogP contribution in [0, 0.1) is 5.92 Å². The number of carbonyl (C=O) groups is 1. The van der Waals surface area contributed by atoms with Crippen molar-refractivity contribution in [2.24, 2.45) is 5.92 Å². The topological polar surface area (TPSA) is 40.5 Å². The lowest BCUT2D eigenvalue weighted by Gasteiger charge is -2.37. The quantitative estimate of drug-likeness (QED) is 0.914. The molecule has 22 heavy (non-hydrogen) atoms. The van der Waals surface area contributed by atoms with Crippen LogP contribution in [0.4, 0.5) is 13.2 Å². The third kappa shape index (κ3) is 3.80. The van der Waals surface area contributed by atoms with Gasteiger partial charge in [-0.15, -0.1) is 0 Å². The summed E-state index contributed by atoms with van der Waals surface area (Å²) < 4.78 is 37.9. The Balaban J connectivity index is 2.15. The van der Waals surface area contributed by atoms with Gasteiger partial charge in [-0.25, -0.2) is 0 Å². The maximum absolute atomic E-state index is 12.6. The van der Waals surface area contributed by atoms with E-state index < -0.39 is 23.6 Å². The van der Waals surface area contributed by atoms with Gasteiger partial charge in [-0.2, -0.15) is 13.2 Å². The molecule has 0 bridgehead atoms. The van der Waals surface area contributed by atoms with E-state index in [1.165, 1.54) is 12.1 Å². The van der Waals surface area contributed by atoms with Crippen molar-refractivity contribution in [1.29, 1.82) is 0 Å². The van der Waals surface area contributed by atoms with E-state index in [4.69, 9.17) is 5.11 Å². The Hall–Kier alpha value is -1.56. The van der Waals surface area contributed by atoms with E-state index in [2.05, 4.69) is 4.90 Å². The Bertz CT molecular complexity index is 513. The summed E-state index contributed by atoms with van der Waals surface area (Å²) in [6.07, 6.45) is -2.14. The molecule has 2 rings (SSSR count). The Kier molecular flexibility index (Phi) is 5.11. The predicted octanol–water partition coefficient (Wildman–Crippen LogP) is 3.95. The van der Waals surface area contributed by atoms with Crippen LogP contribution >= 0.6 is 0 Å². The van der Waals surface area contributed by atoms with Crippen molar-refractivity contribution in [3.05, 3.63) is 35.4 Å². The molecule has 0 radical (unpaired) electrons. The van der Waals surface area contributed by atoms with Crippen molar-refractivity contribution in [3.63, 3.8) is 0 Å². The predicted molar refractivity (Wildman–Crippen MR) is 76.4 cm³/mol. The molecule has 1 saturated heterocycles. The van der Waals surface area contributed by atoms with Crippen LogP contribution in [0.5, 0.6) is 0 Å². The van der Waals surface area contributed by atoms with E-state index in [-0.39, 0.29) is 6.04 Å². The van der Waals surface area contributed by atoms with Crippen LogP contribution < -0.4 is 0 Å². The lowest BCUT2D eigenvalue weighted by molar-refractivity contribution is -0.144. The molecular formula is C16H20F3NO2. The normalized spacial score (nSPS) is 21.5. The molecule has 3 nitrogen and oxygen atoms in total. The molecule has 0 unspecified atom stereocenters. The molecule has 0 saturated carbocycles. The zero-order chi connectivity index (χ0) is 16.3. The van der Waals surface area contributed by atoms with Crippen LogP contribution in [0.1, 0.15) is 43.4 Å². The molecule has 1 N–H and O–H groups in total. The van der Waals surface area contributed by atoms with E-state index in [1.54, 1.807) is 0 Å². The number of likely N-dealkylation sites (tertiary alicyclic amines) is 1. The Morgan fingerprint density at radius 2 is 2.00 bits per heavy atom. The highest BCUT2D eigenvalue weighted by Gasteiger charge is 2.32. The fourth-order valence-electron chi connectivity index (χ4n) is 3.09. The number of rotatable bonds is 4. The molecule has 0 spiro atoms. The number of piperidine rings is 1. The Labute approximate surface area is 127 Å². The minimum absolute atomic E-state index is 0.0376. The van der Waals surface area contributed by atoms with Gasteiger partial charge in [0, 0.05) is 12.6 Å². The zero-order valence-electron chi connectivity index (χ0n) is 12.4. The molecule has 1 heterocycles. The van der Waals surface area contributed by atoms with Gasteiger partial charge in [-0.1, -0.05) is 19.1 Å². The molecule has 2 atom stereocenters. The van der Waals surface area contributed by atoms with Gasteiger partial charge in [-0.05, 0) is 43.5 Å². The van der Waals surface area contributed by atoms with E-state index >= 15 is 0 Å². The lowest BCUT2D eigenvalue weighted by Crippen LogP contribution is -2.40. The molecular weight excluding hydrogens is 295 g/mol. The molecule has 1 aliphatic rings. The van der Waals surface area contributed by atoms with E-state index in [9.17, 15) is 18.0 Å². The highest BCUT2D eigenvalue weighted by atomic mass is 19.4. The fourth-order valence-corrected chi connectivity index (χ4v) is 3.09. The monoisotopic (exact) mass is 315 g/mol. The lowest BCUT2D eigenvalue weighted by atomic mass is 9.93. The Morgan fingerprint density at radius 3 is 2.50 bits per heavy atom. The first kappa shape index (κ1) is 16.8. The van der Waals surface area contributed by atoms with Crippen LogP contribution in [0.3, 0.4) is 0 Å². The third-order valence-electron chi connectivity index (χ3n) is 4.25.